The Bertz CT molecular complexity index is 1310. The summed E-state index contributed by atoms with van der Waals surface area (Å²) in [6.07, 6.45) is -1.52. The van der Waals surface area contributed by atoms with Gasteiger partial charge in [0.25, 0.3) is 5.91 Å². The quantitative estimate of drug-likeness (QED) is 0.603. The van der Waals surface area contributed by atoms with Crippen molar-refractivity contribution >= 4 is 27.1 Å². The van der Waals surface area contributed by atoms with Crippen molar-refractivity contribution in [3.63, 3.8) is 0 Å². The van der Waals surface area contributed by atoms with Crippen molar-refractivity contribution in [1.29, 1.82) is 0 Å². The van der Waals surface area contributed by atoms with Crippen LogP contribution in [-0.4, -0.2) is 37.0 Å². The van der Waals surface area contributed by atoms with E-state index < -0.39 is 21.6 Å². The number of sulfone groups is 1. The summed E-state index contributed by atoms with van der Waals surface area (Å²) in [5, 5.41) is 3.01. The van der Waals surface area contributed by atoms with Crippen molar-refractivity contribution in [2.24, 2.45) is 0 Å². The summed E-state index contributed by atoms with van der Waals surface area (Å²) < 4.78 is 61.9. The molecule has 0 fully saturated rings. The van der Waals surface area contributed by atoms with Crippen LogP contribution in [-0.2, 0) is 29.0 Å². The van der Waals surface area contributed by atoms with Gasteiger partial charge >= 0.3 is 6.18 Å². The molecule has 0 saturated carbocycles. The molecule has 0 spiro atoms. The van der Waals surface area contributed by atoms with Crippen molar-refractivity contribution in [2.75, 3.05) is 18.1 Å². The first-order valence-corrected chi connectivity index (χ1v) is 11.9. The van der Waals surface area contributed by atoms with Crippen LogP contribution in [0.3, 0.4) is 0 Å². The van der Waals surface area contributed by atoms with Crippen LogP contribution in [0.1, 0.15) is 27.0 Å². The van der Waals surface area contributed by atoms with Crippen molar-refractivity contribution < 1.29 is 26.4 Å². The van der Waals surface area contributed by atoms with Crippen LogP contribution in [0.4, 0.5) is 24.5 Å². The van der Waals surface area contributed by atoms with E-state index in [-0.39, 0.29) is 16.5 Å². The van der Waals surface area contributed by atoms with Crippen LogP contribution >= 0.6 is 0 Å². The number of fused-ring (bicyclic) bond motifs is 1. The van der Waals surface area contributed by atoms with Crippen molar-refractivity contribution in [3.05, 3.63) is 83.0 Å². The minimum atomic E-state index is -4.39. The van der Waals surface area contributed by atoms with Crippen molar-refractivity contribution in [2.45, 2.75) is 24.2 Å². The number of anilines is 2. The molecule has 3 aromatic rings. The molecular weight excluding hydrogens is 455 g/mol. The first-order valence-electron chi connectivity index (χ1n) is 10.0. The molecule has 10 heteroatoms. The van der Waals surface area contributed by atoms with Crippen LogP contribution < -0.4 is 5.32 Å². The van der Waals surface area contributed by atoms with Crippen LogP contribution in [0, 0.1) is 0 Å². The predicted molar refractivity (Wildman–Crippen MR) is 117 cm³/mol. The van der Waals surface area contributed by atoms with E-state index >= 15 is 0 Å². The Labute approximate surface area is 189 Å². The van der Waals surface area contributed by atoms with Crippen LogP contribution in [0.15, 0.2) is 65.8 Å². The minimum Gasteiger partial charge on any atom is -0.355 e. The number of hydrogen-bond acceptors (Lipinski definition) is 5. The van der Waals surface area contributed by atoms with Gasteiger partial charge < -0.3 is 10.2 Å². The van der Waals surface area contributed by atoms with Gasteiger partial charge in [0.2, 0.25) is 0 Å². The van der Waals surface area contributed by atoms with Crippen molar-refractivity contribution in [3.8, 4) is 0 Å². The first kappa shape index (κ1) is 22.8. The summed E-state index contributed by atoms with van der Waals surface area (Å²) in [5.74, 6) is -0.297. The van der Waals surface area contributed by atoms with Gasteiger partial charge in [0.15, 0.2) is 14.9 Å². The summed E-state index contributed by atoms with van der Waals surface area (Å²) in [5.41, 5.74) is 2.71. The first-order chi connectivity index (χ1) is 15.5. The third-order valence-corrected chi connectivity index (χ3v) is 6.39. The largest absolute Gasteiger partial charge is 0.416 e. The molecular formula is C23H20F3N3O3S. The molecule has 1 aliphatic rings. The molecule has 1 aromatic heterocycles. The summed E-state index contributed by atoms with van der Waals surface area (Å²) >= 11 is 0. The van der Waals surface area contributed by atoms with Gasteiger partial charge in [-0.3, -0.25) is 4.79 Å². The highest BCUT2D eigenvalue weighted by molar-refractivity contribution is 7.90. The Kier molecular flexibility index (Phi) is 5.87. The third kappa shape index (κ3) is 5.00. The van der Waals surface area contributed by atoms with E-state index in [0.29, 0.717) is 25.2 Å². The standard InChI is InChI=1S/C23H20F3N3O3S/c1-33(31,32)21-13-15(9-11-27-21)22(30)29-12-10-19-16(14-29)3-2-4-20(19)28-18-7-5-17(6-8-18)23(24,25)26/h2-9,11,13,28H,10,12,14H2,1H3. The fourth-order valence-corrected chi connectivity index (χ4v) is 4.32. The van der Waals surface area contributed by atoms with Crippen LogP contribution in [0.2, 0.25) is 0 Å². The van der Waals surface area contributed by atoms with E-state index in [1.807, 2.05) is 18.2 Å². The lowest BCUT2D eigenvalue weighted by molar-refractivity contribution is -0.137. The molecule has 1 amide bonds. The van der Waals surface area contributed by atoms with Gasteiger partial charge in [-0.1, -0.05) is 12.1 Å². The second-order valence-electron chi connectivity index (χ2n) is 7.77. The molecule has 0 unspecified atom stereocenters. The molecule has 0 bridgehead atoms. The summed E-state index contributed by atoms with van der Waals surface area (Å²) in [6.45, 7) is 0.737. The molecule has 1 aliphatic heterocycles. The Balaban J connectivity index is 1.53. The summed E-state index contributed by atoms with van der Waals surface area (Å²) in [7, 11) is -3.54. The number of halogens is 3. The average molecular weight is 475 g/mol. The monoisotopic (exact) mass is 475 g/mol. The van der Waals surface area contributed by atoms with E-state index in [4.69, 9.17) is 0 Å². The maximum Gasteiger partial charge on any atom is 0.416 e. The highest BCUT2D eigenvalue weighted by atomic mass is 32.2. The van der Waals surface area contributed by atoms with E-state index in [0.717, 1.165) is 35.2 Å². The molecule has 172 valence electrons. The van der Waals surface area contributed by atoms with Gasteiger partial charge in [-0.2, -0.15) is 13.2 Å². The smallest absolute Gasteiger partial charge is 0.355 e. The maximum atomic E-state index is 13.0. The number of pyridine rings is 1. The number of carbonyl (C=O) groups is 1. The molecule has 4 rings (SSSR count). The number of benzene rings is 2. The van der Waals surface area contributed by atoms with E-state index in [1.54, 1.807) is 4.90 Å². The Hall–Kier alpha value is -3.40. The lowest BCUT2D eigenvalue weighted by atomic mass is 9.97. The van der Waals surface area contributed by atoms with E-state index in [2.05, 4.69) is 10.3 Å². The summed E-state index contributed by atoms with van der Waals surface area (Å²) in [6, 6.07) is 13.1. The van der Waals surface area contributed by atoms with Gasteiger partial charge in [0.1, 0.15) is 0 Å². The SMILES string of the molecule is CS(=O)(=O)c1cc(C(=O)N2CCc3c(cccc3Nc3ccc(C(F)(F)F)cc3)C2)ccn1. The van der Waals surface area contributed by atoms with E-state index in [9.17, 15) is 26.4 Å². The van der Waals surface area contributed by atoms with Crippen LogP contribution in [0.5, 0.6) is 0 Å². The normalized spacial score (nSPS) is 14.0. The lowest BCUT2D eigenvalue weighted by Crippen LogP contribution is -2.36. The Morgan fingerprint density at radius 2 is 1.82 bits per heavy atom. The zero-order chi connectivity index (χ0) is 23.8. The molecule has 1 N–H and O–H groups in total. The number of hydrogen-bond donors (Lipinski definition) is 1. The van der Waals surface area contributed by atoms with Gasteiger partial charge in [-0.05, 0) is 60.0 Å². The number of aromatic nitrogens is 1. The number of alkyl halides is 3. The van der Waals surface area contributed by atoms with Gasteiger partial charge in [0.05, 0.1) is 5.56 Å². The highest BCUT2D eigenvalue weighted by Crippen LogP contribution is 2.32. The molecule has 0 saturated heterocycles. The van der Waals surface area contributed by atoms with Gasteiger partial charge in [0, 0.05) is 42.5 Å². The molecule has 0 atom stereocenters. The predicted octanol–water partition coefficient (Wildman–Crippen LogP) is 4.45. The highest BCUT2D eigenvalue weighted by Gasteiger charge is 2.30. The second-order valence-corrected chi connectivity index (χ2v) is 9.74. The Morgan fingerprint density at radius 1 is 1.09 bits per heavy atom. The maximum absolute atomic E-state index is 13.0. The van der Waals surface area contributed by atoms with Crippen LogP contribution in [0.25, 0.3) is 0 Å². The fourth-order valence-electron chi connectivity index (χ4n) is 3.73. The molecule has 2 heterocycles. The minimum absolute atomic E-state index is 0.159. The third-order valence-electron chi connectivity index (χ3n) is 5.41. The lowest BCUT2D eigenvalue weighted by Gasteiger charge is -2.30. The molecule has 2 aromatic carbocycles. The second kappa shape index (κ2) is 8.51. The molecule has 33 heavy (non-hydrogen) atoms. The fraction of sp³-hybridized carbons (Fsp3) is 0.217. The zero-order valence-electron chi connectivity index (χ0n) is 17.6. The number of nitrogens with zero attached hydrogens (tertiary/aromatic N) is 2. The average Bonchev–Trinajstić information content (AvgIpc) is 2.78. The summed E-state index contributed by atoms with van der Waals surface area (Å²) in [4.78, 5) is 18.4. The topological polar surface area (TPSA) is 79.4 Å². The molecule has 6 nitrogen and oxygen atoms in total. The zero-order valence-corrected chi connectivity index (χ0v) is 18.4. The number of amides is 1. The number of nitrogens with one attached hydrogen (secondary N) is 1. The number of rotatable bonds is 4. The molecule has 0 radical (unpaired) electrons. The number of carbonyl (C=O) groups excluding carboxylic acids is 1. The van der Waals surface area contributed by atoms with Gasteiger partial charge in [-0.15, -0.1) is 0 Å². The van der Waals surface area contributed by atoms with Gasteiger partial charge in [-0.25, -0.2) is 13.4 Å². The van der Waals surface area contributed by atoms with E-state index in [1.165, 1.54) is 30.5 Å². The van der Waals surface area contributed by atoms with Crippen molar-refractivity contribution in [1.82, 2.24) is 9.88 Å². The molecule has 0 aliphatic carbocycles. The Morgan fingerprint density at radius 3 is 2.48 bits per heavy atom.